The fourth-order valence-electron chi connectivity index (χ4n) is 3.98. The maximum absolute atomic E-state index is 13.9. The number of hydrogen-bond acceptors (Lipinski definition) is 4. The minimum atomic E-state index is -0.805. The SMILES string of the molecule is N[C@@H](CC(=O)NC1Cc2ncccc2N(Cc2ccc(F)cc2)C1=O)Cc1ccccc1F.[Cl-].[Cl-]. The molecule has 1 unspecified atom stereocenters. The number of carbonyl (C=O) groups is 2. The predicted molar refractivity (Wildman–Crippen MR) is 120 cm³/mol. The van der Waals surface area contributed by atoms with Crippen LogP contribution in [-0.2, 0) is 29.0 Å². The summed E-state index contributed by atoms with van der Waals surface area (Å²) in [6.45, 7) is 0.219. The van der Waals surface area contributed by atoms with Crippen LogP contribution in [0, 0.1) is 11.6 Å². The first-order chi connectivity index (χ1) is 15.9. The van der Waals surface area contributed by atoms with Crippen LogP contribution >= 0.6 is 0 Å². The van der Waals surface area contributed by atoms with Crippen molar-refractivity contribution >= 4 is 17.5 Å². The van der Waals surface area contributed by atoms with Crippen LogP contribution in [-0.4, -0.2) is 28.9 Å². The fourth-order valence-corrected chi connectivity index (χ4v) is 3.98. The molecule has 0 saturated heterocycles. The quantitative estimate of drug-likeness (QED) is 0.345. The van der Waals surface area contributed by atoms with Gasteiger partial charge in [-0.05, 0) is 47.9 Å². The van der Waals surface area contributed by atoms with E-state index in [-0.39, 0.29) is 68.2 Å². The van der Waals surface area contributed by atoms with Gasteiger partial charge in [0.1, 0.15) is 17.7 Å². The average molecular weight is 521 g/mol. The van der Waals surface area contributed by atoms with Crippen LogP contribution in [0.25, 0.3) is 0 Å². The summed E-state index contributed by atoms with van der Waals surface area (Å²) in [7, 11) is 0. The summed E-state index contributed by atoms with van der Waals surface area (Å²) in [5, 5.41) is 2.76. The summed E-state index contributed by atoms with van der Waals surface area (Å²) in [4.78, 5) is 31.8. The molecule has 0 bridgehead atoms. The number of amides is 2. The molecule has 0 fully saturated rings. The fraction of sp³-hybridized carbons (Fsp3) is 0.240. The van der Waals surface area contributed by atoms with Gasteiger partial charge in [-0.15, -0.1) is 0 Å². The van der Waals surface area contributed by atoms with Gasteiger partial charge in [0.15, 0.2) is 0 Å². The molecule has 2 aromatic carbocycles. The molecule has 2 heterocycles. The lowest BCUT2D eigenvalue weighted by molar-refractivity contribution is -0.128. The number of pyridine rings is 1. The van der Waals surface area contributed by atoms with Crippen molar-refractivity contribution in [2.24, 2.45) is 5.73 Å². The smallest absolute Gasteiger partial charge is 0.250 e. The highest BCUT2D eigenvalue weighted by atomic mass is 35.5. The lowest BCUT2D eigenvalue weighted by Gasteiger charge is -2.34. The molecular weight excluding hydrogens is 497 g/mol. The van der Waals surface area contributed by atoms with Crippen LogP contribution in [0.3, 0.4) is 0 Å². The van der Waals surface area contributed by atoms with Crippen molar-refractivity contribution in [3.8, 4) is 0 Å². The second kappa shape index (κ2) is 12.6. The molecule has 2 amide bonds. The third-order valence-corrected chi connectivity index (χ3v) is 5.60. The first-order valence-electron chi connectivity index (χ1n) is 10.7. The molecule has 1 aliphatic heterocycles. The molecule has 0 saturated carbocycles. The van der Waals surface area contributed by atoms with Gasteiger partial charge >= 0.3 is 0 Å². The number of nitrogens with two attached hydrogens (primary N) is 1. The molecule has 186 valence electrons. The van der Waals surface area contributed by atoms with Crippen LogP contribution < -0.4 is 40.8 Å². The van der Waals surface area contributed by atoms with E-state index in [1.54, 1.807) is 53.6 Å². The van der Waals surface area contributed by atoms with Crippen LogP contribution in [0.2, 0.25) is 0 Å². The first-order valence-corrected chi connectivity index (χ1v) is 10.7. The maximum Gasteiger partial charge on any atom is 0.250 e. The van der Waals surface area contributed by atoms with Crippen LogP contribution in [0.15, 0.2) is 66.9 Å². The topological polar surface area (TPSA) is 88.3 Å². The Morgan fingerprint density at radius 3 is 2.51 bits per heavy atom. The van der Waals surface area contributed by atoms with Gasteiger partial charge in [-0.25, -0.2) is 8.78 Å². The summed E-state index contributed by atoms with van der Waals surface area (Å²) >= 11 is 0. The molecule has 1 aromatic heterocycles. The van der Waals surface area contributed by atoms with Crippen molar-refractivity contribution in [2.75, 3.05) is 4.90 Å². The van der Waals surface area contributed by atoms with Crippen LogP contribution in [0.5, 0.6) is 0 Å². The third kappa shape index (κ3) is 6.97. The molecule has 35 heavy (non-hydrogen) atoms. The molecule has 3 aromatic rings. The Morgan fingerprint density at radius 1 is 1.09 bits per heavy atom. The molecule has 10 heteroatoms. The zero-order valence-electron chi connectivity index (χ0n) is 18.6. The van der Waals surface area contributed by atoms with Crippen LogP contribution in [0.4, 0.5) is 14.5 Å². The van der Waals surface area contributed by atoms with E-state index in [1.165, 1.54) is 18.2 Å². The van der Waals surface area contributed by atoms with Gasteiger partial charge in [-0.2, -0.15) is 0 Å². The van der Waals surface area contributed by atoms with Crippen molar-refractivity contribution in [1.82, 2.24) is 10.3 Å². The van der Waals surface area contributed by atoms with E-state index in [1.807, 2.05) is 0 Å². The number of anilines is 1. The summed E-state index contributed by atoms with van der Waals surface area (Å²) in [5.74, 6) is -1.40. The van der Waals surface area contributed by atoms with E-state index in [4.69, 9.17) is 5.73 Å². The standard InChI is InChI=1S/C25H24F2N4O2.2ClH/c26-18-9-7-16(8-10-18)15-31-23-6-3-11-29-21(23)14-22(25(31)33)30-24(32)13-19(28)12-17-4-1-2-5-20(17)27;;/h1-11,19,22H,12-15,28H2,(H,30,32);2*1H/p-2/t19-,22?;;/m1../s1. The summed E-state index contributed by atoms with van der Waals surface area (Å²) in [6.07, 6.45) is 2.04. The normalized spacial score (nSPS) is 15.3. The number of carbonyl (C=O) groups excluding carboxylic acids is 2. The Hall–Kier alpha value is -3.07. The Bertz CT molecular complexity index is 1160. The van der Waals surface area contributed by atoms with Crippen molar-refractivity contribution in [1.29, 1.82) is 0 Å². The van der Waals surface area contributed by atoms with Gasteiger partial charge in [-0.3, -0.25) is 14.6 Å². The number of hydrogen-bond donors (Lipinski definition) is 2. The van der Waals surface area contributed by atoms with Gasteiger partial charge in [0.2, 0.25) is 11.8 Å². The van der Waals surface area contributed by atoms with Gasteiger partial charge < -0.3 is 40.8 Å². The van der Waals surface area contributed by atoms with Crippen LogP contribution in [0.1, 0.15) is 23.2 Å². The Kier molecular flexibility index (Phi) is 10.1. The molecule has 4 rings (SSSR count). The monoisotopic (exact) mass is 520 g/mol. The second-order valence-electron chi connectivity index (χ2n) is 8.10. The van der Waals surface area contributed by atoms with E-state index >= 15 is 0 Å². The highest BCUT2D eigenvalue weighted by Gasteiger charge is 2.34. The summed E-state index contributed by atoms with van der Waals surface area (Å²) in [6, 6.07) is 14.3. The van der Waals surface area contributed by atoms with Gasteiger partial charge in [0.25, 0.3) is 0 Å². The van der Waals surface area contributed by atoms with Gasteiger partial charge in [0.05, 0.1) is 17.9 Å². The number of rotatable bonds is 7. The number of halogens is 4. The molecule has 0 spiro atoms. The molecule has 1 aliphatic rings. The zero-order chi connectivity index (χ0) is 23.4. The second-order valence-corrected chi connectivity index (χ2v) is 8.10. The lowest BCUT2D eigenvalue weighted by atomic mass is 9.99. The number of aromatic nitrogens is 1. The molecular formula is C25H24Cl2F2N4O2-2. The zero-order valence-corrected chi connectivity index (χ0v) is 20.1. The Labute approximate surface area is 214 Å². The molecule has 0 radical (unpaired) electrons. The molecule has 3 N–H and O–H groups in total. The van der Waals surface area contributed by atoms with E-state index in [0.29, 0.717) is 16.9 Å². The van der Waals surface area contributed by atoms with Crippen molar-refractivity contribution in [2.45, 2.75) is 37.9 Å². The van der Waals surface area contributed by atoms with E-state index in [2.05, 4.69) is 10.3 Å². The predicted octanol–water partition coefficient (Wildman–Crippen LogP) is -3.10. The number of benzene rings is 2. The first kappa shape index (κ1) is 28.2. The Morgan fingerprint density at radius 2 is 1.80 bits per heavy atom. The molecule has 0 aliphatic carbocycles. The highest BCUT2D eigenvalue weighted by molar-refractivity contribution is 6.01. The largest absolute Gasteiger partial charge is 1.00 e. The maximum atomic E-state index is 13.9. The average Bonchev–Trinajstić information content (AvgIpc) is 2.79. The van der Waals surface area contributed by atoms with Crippen molar-refractivity contribution in [3.63, 3.8) is 0 Å². The van der Waals surface area contributed by atoms with E-state index in [0.717, 1.165) is 5.56 Å². The lowest BCUT2D eigenvalue weighted by Crippen LogP contribution is -3.00. The highest BCUT2D eigenvalue weighted by Crippen LogP contribution is 2.28. The van der Waals surface area contributed by atoms with Gasteiger partial charge in [0, 0.05) is 25.1 Å². The number of fused-ring (bicyclic) bond motifs is 1. The van der Waals surface area contributed by atoms with E-state index in [9.17, 15) is 18.4 Å². The van der Waals surface area contributed by atoms with Crippen molar-refractivity contribution < 1.29 is 43.2 Å². The Balaban J connectivity index is 0.00000216. The minimum absolute atomic E-state index is 0. The van der Waals surface area contributed by atoms with E-state index < -0.39 is 18.0 Å². The number of nitrogens with zero attached hydrogens (tertiary/aromatic N) is 2. The minimum Gasteiger partial charge on any atom is -1.00 e. The van der Waals surface area contributed by atoms with Crippen molar-refractivity contribution in [3.05, 3.63) is 95.3 Å². The van der Waals surface area contributed by atoms with Gasteiger partial charge in [-0.1, -0.05) is 30.3 Å². The summed E-state index contributed by atoms with van der Waals surface area (Å²) < 4.78 is 27.1. The number of nitrogens with one attached hydrogen (secondary N) is 1. The third-order valence-electron chi connectivity index (χ3n) is 5.60. The summed E-state index contributed by atoms with van der Waals surface area (Å²) in [5.41, 5.74) is 8.60. The molecule has 6 nitrogen and oxygen atoms in total. The molecule has 2 atom stereocenters.